The van der Waals surface area contributed by atoms with E-state index in [2.05, 4.69) is 0 Å². The molecule has 3 aromatic carbocycles. The van der Waals surface area contributed by atoms with Gasteiger partial charge in [-0.05, 0) is 53.6 Å². The molecule has 0 aromatic heterocycles. The first kappa shape index (κ1) is 16.2. The Morgan fingerprint density at radius 3 is 2.50 bits per heavy atom. The molecule has 0 atom stereocenters. The van der Waals surface area contributed by atoms with Crippen LogP contribution in [0.2, 0.25) is 0 Å². The second-order valence-electron chi connectivity index (χ2n) is 6.03. The highest BCUT2D eigenvalue weighted by molar-refractivity contribution is 5.84. The van der Waals surface area contributed by atoms with Crippen LogP contribution in [0.1, 0.15) is 24.0 Å². The van der Waals surface area contributed by atoms with Gasteiger partial charge in [-0.3, -0.25) is 4.79 Å². The molecular weight excluding hydrogens is 303 g/mol. The monoisotopic (exact) mass is 322 g/mol. The van der Waals surface area contributed by atoms with Gasteiger partial charge in [-0.1, -0.05) is 36.4 Å². The third-order valence-corrected chi connectivity index (χ3v) is 4.15. The average molecular weight is 322 g/mol. The molecule has 0 bridgehead atoms. The predicted octanol–water partition coefficient (Wildman–Crippen LogP) is 4.82. The lowest BCUT2D eigenvalue weighted by Gasteiger charge is -2.05. The lowest BCUT2D eigenvalue weighted by Crippen LogP contribution is -2.03. The molecule has 3 heteroatoms. The topological polar surface area (TPSA) is 37.3 Å². The Kier molecular flexibility index (Phi) is 4.90. The SMILES string of the molecule is O=C(CCCc1ccc2cccc(F)c2c1)Cc1ccc(O)cc1. The number of hydrogen-bond donors (Lipinski definition) is 1. The van der Waals surface area contributed by atoms with Crippen LogP contribution in [0.15, 0.2) is 60.7 Å². The summed E-state index contributed by atoms with van der Waals surface area (Å²) < 4.78 is 13.8. The Balaban J connectivity index is 1.55. The molecule has 0 spiro atoms. The molecule has 0 amide bonds. The average Bonchev–Trinajstić information content (AvgIpc) is 2.58. The molecule has 0 aliphatic heterocycles. The molecule has 0 unspecified atom stereocenters. The van der Waals surface area contributed by atoms with E-state index in [1.54, 1.807) is 30.3 Å². The maximum atomic E-state index is 13.8. The number of carbonyl (C=O) groups excluding carboxylic acids is 1. The number of carbonyl (C=O) groups is 1. The molecule has 0 saturated heterocycles. The minimum absolute atomic E-state index is 0.174. The van der Waals surface area contributed by atoms with Gasteiger partial charge in [-0.15, -0.1) is 0 Å². The van der Waals surface area contributed by atoms with Crippen LogP contribution in [0.3, 0.4) is 0 Å². The number of fused-ring (bicyclic) bond motifs is 1. The quantitative estimate of drug-likeness (QED) is 0.706. The summed E-state index contributed by atoms with van der Waals surface area (Å²) in [5.41, 5.74) is 1.95. The molecule has 0 radical (unpaired) electrons. The van der Waals surface area contributed by atoms with E-state index in [-0.39, 0.29) is 17.3 Å². The van der Waals surface area contributed by atoms with Crippen LogP contribution in [-0.4, -0.2) is 10.9 Å². The Morgan fingerprint density at radius 1 is 0.958 bits per heavy atom. The van der Waals surface area contributed by atoms with Crippen molar-refractivity contribution in [2.24, 2.45) is 0 Å². The molecule has 0 heterocycles. The molecule has 0 saturated carbocycles. The third kappa shape index (κ3) is 3.99. The Bertz CT molecular complexity index is 853. The fourth-order valence-corrected chi connectivity index (χ4v) is 2.86. The fourth-order valence-electron chi connectivity index (χ4n) is 2.86. The van der Waals surface area contributed by atoms with Gasteiger partial charge in [-0.2, -0.15) is 0 Å². The number of phenols is 1. The second kappa shape index (κ2) is 7.26. The summed E-state index contributed by atoms with van der Waals surface area (Å²) in [5, 5.41) is 10.8. The number of benzene rings is 3. The van der Waals surface area contributed by atoms with Crippen molar-refractivity contribution in [1.29, 1.82) is 0 Å². The Hall–Kier alpha value is -2.68. The lowest BCUT2D eigenvalue weighted by molar-refractivity contribution is -0.118. The van der Waals surface area contributed by atoms with Crippen molar-refractivity contribution in [3.05, 3.63) is 77.6 Å². The van der Waals surface area contributed by atoms with E-state index in [1.807, 2.05) is 24.3 Å². The van der Waals surface area contributed by atoms with Crippen LogP contribution in [0.4, 0.5) is 4.39 Å². The summed E-state index contributed by atoms with van der Waals surface area (Å²) in [6.07, 6.45) is 2.38. The van der Waals surface area contributed by atoms with Gasteiger partial charge in [0.15, 0.2) is 0 Å². The molecule has 122 valence electrons. The maximum absolute atomic E-state index is 13.8. The summed E-state index contributed by atoms with van der Waals surface area (Å²) in [6.45, 7) is 0. The van der Waals surface area contributed by atoms with E-state index in [1.165, 1.54) is 6.07 Å². The number of aryl methyl sites for hydroxylation is 1. The third-order valence-electron chi connectivity index (χ3n) is 4.15. The van der Waals surface area contributed by atoms with Crippen molar-refractivity contribution >= 4 is 16.6 Å². The van der Waals surface area contributed by atoms with E-state index in [0.29, 0.717) is 18.2 Å². The van der Waals surface area contributed by atoms with Crippen molar-refractivity contribution < 1.29 is 14.3 Å². The first-order chi connectivity index (χ1) is 11.6. The number of halogens is 1. The van der Waals surface area contributed by atoms with Crippen LogP contribution in [0.5, 0.6) is 5.75 Å². The summed E-state index contributed by atoms with van der Waals surface area (Å²) in [5.74, 6) is 0.167. The number of rotatable bonds is 6. The maximum Gasteiger partial charge on any atom is 0.137 e. The highest BCUT2D eigenvalue weighted by Crippen LogP contribution is 2.20. The molecular formula is C21H19FO2. The highest BCUT2D eigenvalue weighted by atomic mass is 19.1. The van der Waals surface area contributed by atoms with Crippen LogP contribution in [0, 0.1) is 5.82 Å². The minimum Gasteiger partial charge on any atom is -0.508 e. The van der Waals surface area contributed by atoms with E-state index >= 15 is 0 Å². The predicted molar refractivity (Wildman–Crippen MR) is 93.7 cm³/mol. The Morgan fingerprint density at radius 2 is 1.71 bits per heavy atom. The van der Waals surface area contributed by atoms with Gasteiger partial charge in [-0.25, -0.2) is 4.39 Å². The zero-order chi connectivity index (χ0) is 16.9. The van der Waals surface area contributed by atoms with Gasteiger partial charge in [0, 0.05) is 18.2 Å². The first-order valence-corrected chi connectivity index (χ1v) is 8.08. The second-order valence-corrected chi connectivity index (χ2v) is 6.03. The van der Waals surface area contributed by atoms with Crippen molar-refractivity contribution in [3.8, 4) is 5.75 Å². The number of hydrogen-bond acceptors (Lipinski definition) is 2. The van der Waals surface area contributed by atoms with E-state index in [4.69, 9.17) is 0 Å². The van der Waals surface area contributed by atoms with Crippen molar-refractivity contribution in [3.63, 3.8) is 0 Å². The first-order valence-electron chi connectivity index (χ1n) is 8.08. The molecule has 3 rings (SSSR count). The normalized spacial score (nSPS) is 10.9. The summed E-state index contributed by atoms with van der Waals surface area (Å²) in [7, 11) is 0. The number of ketones is 1. The van der Waals surface area contributed by atoms with Crippen LogP contribution < -0.4 is 0 Å². The highest BCUT2D eigenvalue weighted by Gasteiger charge is 2.06. The molecule has 3 aromatic rings. The molecule has 0 aliphatic rings. The molecule has 2 nitrogen and oxygen atoms in total. The van der Waals surface area contributed by atoms with Gasteiger partial charge < -0.3 is 5.11 Å². The number of aromatic hydroxyl groups is 1. The van der Waals surface area contributed by atoms with Gasteiger partial charge in [0.25, 0.3) is 0 Å². The fraction of sp³-hybridized carbons (Fsp3) is 0.190. The van der Waals surface area contributed by atoms with Gasteiger partial charge in [0.2, 0.25) is 0 Å². The van der Waals surface area contributed by atoms with Gasteiger partial charge in [0.05, 0.1) is 0 Å². The van der Waals surface area contributed by atoms with Crippen molar-refractivity contribution in [2.45, 2.75) is 25.7 Å². The molecule has 24 heavy (non-hydrogen) atoms. The summed E-state index contributed by atoms with van der Waals surface area (Å²) in [4.78, 5) is 12.0. The number of Topliss-reactive ketones (excluding diaryl/α,β-unsaturated/α-hetero) is 1. The molecule has 0 fully saturated rings. The van der Waals surface area contributed by atoms with Crippen LogP contribution in [0.25, 0.3) is 10.8 Å². The Labute approximate surface area is 140 Å². The van der Waals surface area contributed by atoms with E-state index in [9.17, 15) is 14.3 Å². The van der Waals surface area contributed by atoms with Crippen molar-refractivity contribution in [1.82, 2.24) is 0 Å². The van der Waals surface area contributed by atoms with Gasteiger partial charge in [0.1, 0.15) is 17.3 Å². The van der Waals surface area contributed by atoms with Gasteiger partial charge >= 0.3 is 0 Å². The van der Waals surface area contributed by atoms with Crippen LogP contribution in [-0.2, 0) is 17.6 Å². The molecule has 0 aliphatic carbocycles. The summed E-state index contributed by atoms with van der Waals surface area (Å²) in [6, 6.07) is 17.6. The van der Waals surface area contributed by atoms with Crippen LogP contribution >= 0.6 is 0 Å². The summed E-state index contributed by atoms with van der Waals surface area (Å²) >= 11 is 0. The zero-order valence-electron chi connectivity index (χ0n) is 13.3. The largest absolute Gasteiger partial charge is 0.508 e. The zero-order valence-corrected chi connectivity index (χ0v) is 13.3. The lowest BCUT2D eigenvalue weighted by atomic mass is 10.00. The van der Waals surface area contributed by atoms with Crippen molar-refractivity contribution in [2.75, 3.05) is 0 Å². The van der Waals surface area contributed by atoms with E-state index in [0.717, 1.165) is 29.4 Å². The minimum atomic E-state index is -0.210. The molecule has 1 N–H and O–H groups in total. The smallest absolute Gasteiger partial charge is 0.137 e. The number of phenolic OH excluding ortho intramolecular Hbond substituents is 1. The van der Waals surface area contributed by atoms with E-state index < -0.39 is 0 Å². The standard InChI is InChI=1S/C21H19FO2/c22-21-6-2-4-17-10-7-15(14-20(17)21)3-1-5-19(24)13-16-8-11-18(23)12-9-16/h2,4,6-12,14,23H,1,3,5,13H2.